The molecule has 2 aromatic carbocycles. The zero-order valence-electron chi connectivity index (χ0n) is 20.9. The fourth-order valence-electron chi connectivity index (χ4n) is 3.40. The van der Waals surface area contributed by atoms with Crippen molar-refractivity contribution in [2.24, 2.45) is 0 Å². The lowest BCUT2D eigenvalue weighted by molar-refractivity contribution is -0.139. The number of hydrogen-bond acceptors (Lipinski definition) is 4. The summed E-state index contributed by atoms with van der Waals surface area (Å²) in [6.07, 6.45) is 1.77. The number of sulfonamides is 1. The Kier molecular flexibility index (Phi) is 10.0. The van der Waals surface area contributed by atoms with Crippen LogP contribution in [-0.2, 0) is 26.2 Å². The summed E-state index contributed by atoms with van der Waals surface area (Å²) in [7, 11) is -3.80. The van der Waals surface area contributed by atoms with E-state index in [0.29, 0.717) is 21.3 Å². The number of carbonyl (C=O) groups is 2. The lowest BCUT2D eigenvalue weighted by atomic mass is 10.1. The van der Waals surface area contributed by atoms with Crippen LogP contribution in [0, 0.1) is 13.8 Å². The van der Waals surface area contributed by atoms with Crippen molar-refractivity contribution in [3.63, 3.8) is 0 Å². The molecule has 0 aliphatic rings. The zero-order chi connectivity index (χ0) is 26.5. The fourth-order valence-corrected chi connectivity index (χ4v) is 4.75. The van der Waals surface area contributed by atoms with E-state index in [1.807, 2.05) is 27.7 Å². The largest absolute Gasteiger partial charge is 0.352 e. The average molecular weight is 543 g/mol. The zero-order valence-corrected chi connectivity index (χ0v) is 23.3. The first kappa shape index (κ1) is 28.9. The molecular formula is C25H33Cl2N3O4S. The third-order valence-electron chi connectivity index (χ3n) is 6.02. The molecule has 192 valence electrons. The van der Waals surface area contributed by atoms with Gasteiger partial charge in [-0.05, 0) is 69.5 Å². The van der Waals surface area contributed by atoms with E-state index in [0.717, 1.165) is 28.1 Å². The molecule has 1 N–H and O–H groups in total. The van der Waals surface area contributed by atoms with Crippen LogP contribution >= 0.6 is 23.2 Å². The summed E-state index contributed by atoms with van der Waals surface area (Å²) >= 11 is 12.7. The first-order chi connectivity index (χ1) is 16.3. The molecule has 2 rings (SSSR count). The normalized spacial score (nSPS) is 13.1. The van der Waals surface area contributed by atoms with Crippen molar-refractivity contribution >= 4 is 50.7 Å². The first-order valence-corrected chi connectivity index (χ1v) is 13.9. The van der Waals surface area contributed by atoms with Gasteiger partial charge in [0.2, 0.25) is 21.8 Å². The van der Waals surface area contributed by atoms with Crippen molar-refractivity contribution in [2.75, 3.05) is 17.1 Å². The van der Waals surface area contributed by atoms with Gasteiger partial charge in [-0.3, -0.25) is 13.9 Å². The van der Waals surface area contributed by atoms with Gasteiger partial charge in [0.15, 0.2) is 0 Å². The number of rotatable bonds is 10. The van der Waals surface area contributed by atoms with Crippen molar-refractivity contribution in [1.29, 1.82) is 0 Å². The topological polar surface area (TPSA) is 86.8 Å². The quantitative estimate of drug-likeness (QED) is 0.471. The molecule has 2 amide bonds. The number of carbonyl (C=O) groups excluding carboxylic acids is 2. The summed E-state index contributed by atoms with van der Waals surface area (Å²) in [5.41, 5.74) is 2.74. The molecule has 7 nitrogen and oxygen atoms in total. The van der Waals surface area contributed by atoms with Crippen molar-refractivity contribution in [1.82, 2.24) is 10.2 Å². The summed E-state index contributed by atoms with van der Waals surface area (Å²) in [6.45, 7) is 8.65. The highest BCUT2D eigenvalue weighted by molar-refractivity contribution is 7.92. The molecule has 0 radical (unpaired) electrons. The number of anilines is 1. The van der Waals surface area contributed by atoms with Crippen molar-refractivity contribution in [3.05, 3.63) is 63.1 Å². The van der Waals surface area contributed by atoms with Gasteiger partial charge in [0.05, 0.1) is 11.9 Å². The Labute approximate surface area is 218 Å². The summed E-state index contributed by atoms with van der Waals surface area (Å²) in [6, 6.07) is 9.17. The minimum Gasteiger partial charge on any atom is -0.352 e. The second-order valence-electron chi connectivity index (χ2n) is 8.75. The Balaban J connectivity index is 2.47. The second kappa shape index (κ2) is 12.1. The molecule has 2 atom stereocenters. The van der Waals surface area contributed by atoms with Crippen LogP contribution in [0.15, 0.2) is 36.4 Å². The van der Waals surface area contributed by atoms with Gasteiger partial charge in [0, 0.05) is 28.2 Å². The lowest BCUT2D eigenvalue weighted by Gasteiger charge is -2.32. The van der Waals surface area contributed by atoms with E-state index in [-0.39, 0.29) is 18.5 Å². The van der Waals surface area contributed by atoms with Crippen molar-refractivity contribution < 1.29 is 18.0 Å². The van der Waals surface area contributed by atoms with Gasteiger partial charge >= 0.3 is 0 Å². The maximum absolute atomic E-state index is 13.6. The molecule has 10 heteroatoms. The van der Waals surface area contributed by atoms with Gasteiger partial charge in [-0.1, -0.05) is 42.3 Å². The minimum atomic E-state index is -3.80. The van der Waals surface area contributed by atoms with E-state index in [4.69, 9.17) is 23.2 Å². The highest BCUT2D eigenvalue weighted by atomic mass is 35.5. The third-order valence-corrected chi connectivity index (χ3v) is 7.86. The second-order valence-corrected chi connectivity index (χ2v) is 11.5. The smallest absolute Gasteiger partial charge is 0.244 e. The average Bonchev–Trinajstić information content (AvgIpc) is 2.77. The predicted octanol–water partition coefficient (Wildman–Crippen LogP) is 4.71. The minimum absolute atomic E-state index is 0.0586. The number of aryl methyl sites for hydroxylation is 2. The SMILES string of the molecule is CC[C@H](C)NC(=O)[C@H](C)N(Cc1c(Cl)cccc1Cl)C(=O)CN(c1ccc(C)c(C)c1)S(C)(=O)=O. The first-order valence-electron chi connectivity index (χ1n) is 11.3. The standard InChI is InChI=1S/C25H33Cl2N3O4S/c1-7-18(4)28-25(32)19(5)29(14-21-22(26)9-8-10-23(21)27)24(31)15-30(35(6,33)34)20-12-11-16(2)17(3)13-20/h8-13,18-19H,7,14-15H2,1-6H3,(H,28,32)/t18-,19-/m0/s1. The molecule has 0 unspecified atom stereocenters. The molecule has 0 saturated heterocycles. The maximum Gasteiger partial charge on any atom is 0.244 e. The van der Waals surface area contributed by atoms with E-state index >= 15 is 0 Å². The molecule has 2 aromatic rings. The molecule has 0 aromatic heterocycles. The van der Waals surface area contributed by atoms with Crippen LogP contribution in [0.1, 0.15) is 43.9 Å². The van der Waals surface area contributed by atoms with E-state index in [9.17, 15) is 18.0 Å². The summed E-state index contributed by atoms with van der Waals surface area (Å²) in [5, 5.41) is 3.57. The molecule has 35 heavy (non-hydrogen) atoms. The number of amides is 2. The number of benzene rings is 2. The van der Waals surface area contributed by atoms with E-state index in [1.54, 1.807) is 43.3 Å². The number of halogens is 2. The highest BCUT2D eigenvalue weighted by Crippen LogP contribution is 2.27. The lowest BCUT2D eigenvalue weighted by Crippen LogP contribution is -2.52. The van der Waals surface area contributed by atoms with Gasteiger partial charge in [-0.25, -0.2) is 8.42 Å². The Morgan fingerprint density at radius 1 is 1.03 bits per heavy atom. The monoisotopic (exact) mass is 541 g/mol. The number of nitrogens with one attached hydrogen (secondary N) is 1. The van der Waals surface area contributed by atoms with Crippen LogP contribution in [0.25, 0.3) is 0 Å². The summed E-state index contributed by atoms with van der Waals surface area (Å²) < 4.78 is 26.4. The highest BCUT2D eigenvalue weighted by Gasteiger charge is 2.31. The van der Waals surface area contributed by atoms with Gasteiger partial charge in [-0.15, -0.1) is 0 Å². The molecule has 0 heterocycles. The van der Waals surface area contributed by atoms with Gasteiger partial charge in [0.25, 0.3) is 0 Å². The fraction of sp³-hybridized carbons (Fsp3) is 0.440. The Morgan fingerprint density at radius 2 is 1.63 bits per heavy atom. The van der Waals surface area contributed by atoms with Crippen LogP contribution in [-0.4, -0.2) is 50.0 Å². The molecule has 0 saturated carbocycles. The van der Waals surface area contributed by atoms with E-state index in [2.05, 4.69) is 5.32 Å². The van der Waals surface area contributed by atoms with E-state index in [1.165, 1.54) is 4.90 Å². The number of nitrogens with zero attached hydrogens (tertiary/aromatic N) is 2. The molecule has 0 spiro atoms. The van der Waals surface area contributed by atoms with Crippen LogP contribution in [0.5, 0.6) is 0 Å². The van der Waals surface area contributed by atoms with Gasteiger partial charge < -0.3 is 10.2 Å². The predicted molar refractivity (Wildman–Crippen MR) is 142 cm³/mol. The van der Waals surface area contributed by atoms with Crippen LogP contribution < -0.4 is 9.62 Å². The maximum atomic E-state index is 13.6. The van der Waals surface area contributed by atoms with Crippen LogP contribution in [0.4, 0.5) is 5.69 Å². The molecule has 0 bridgehead atoms. The Morgan fingerprint density at radius 3 is 2.14 bits per heavy atom. The summed E-state index contributed by atoms with van der Waals surface area (Å²) in [4.78, 5) is 27.9. The van der Waals surface area contributed by atoms with Gasteiger partial charge in [-0.2, -0.15) is 0 Å². The third kappa shape index (κ3) is 7.59. The van der Waals surface area contributed by atoms with Crippen LogP contribution in [0.2, 0.25) is 10.0 Å². The molecule has 0 aliphatic heterocycles. The van der Waals surface area contributed by atoms with Crippen molar-refractivity contribution in [3.8, 4) is 0 Å². The van der Waals surface area contributed by atoms with Crippen molar-refractivity contribution in [2.45, 2.75) is 59.7 Å². The number of hydrogen-bond donors (Lipinski definition) is 1. The molecular weight excluding hydrogens is 509 g/mol. The van der Waals surface area contributed by atoms with Gasteiger partial charge in [0.1, 0.15) is 12.6 Å². The summed E-state index contributed by atoms with van der Waals surface area (Å²) in [5.74, 6) is -0.913. The Bertz CT molecular complexity index is 1170. The Hall–Kier alpha value is -2.29. The molecule has 0 aliphatic carbocycles. The van der Waals surface area contributed by atoms with Crippen LogP contribution in [0.3, 0.4) is 0 Å². The molecule has 0 fully saturated rings. The van der Waals surface area contributed by atoms with E-state index < -0.39 is 28.5 Å².